The average molecular weight is 261 g/mol. The Morgan fingerprint density at radius 1 is 1.45 bits per heavy atom. The van der Waals surface area contributed by atoms with E-state index in [0.29, 0.717) is 6.54 Å². The highest BCUT2D eigenvalue weighted by atomic mass is 127. The molecule has 4 heteroatoms. The summed E-state index contributed by atoms with van der Waals surface area (Å²) >= 11 is 2.17. The minimum atomic E-state index is 0.626. The van der Waals surface area contributed by atoms with Gasteiger partial charge in [0.15, 0.2) is 0 Å². The first-order valence-corrected chi connectivity index (χ1v) is 4.27. The second-order valence-corrected chi connectivity index (χ2v) is 3.00. The number of hydrogen-bond donors (Lipinski definition) is 1. The van der Waals surface area contributed by atoms with Crippen LogP contribution in [0, 0.1) is 0 Å². The summed E-state index contributed by atoms with van der Waals surface area (Å²) < 4.78 is 0.991. The molecule has 1 aliphatic heterocycles. The van der Waals surface area contributed by atoms with Crippen molar-refractivity contribution in [3.63, 3.8) is 0 Å². The molecule has 58 valence electrons. The largest absolute Gasteiger partial charge is 0.287 e. The lowest BCUT2D eigenvalue weighted by Gasteiger charge is -1.95. The van der Waals surface area contributed by atoms with E-state index >= 15 is 0 Å². The molecule has 0 spiro atoms. The summed E-state index contributed by atoms with van der Waals surface area (Å²) in [5.74, 6) is 0. The van der Waals surface area contributed by atoms with Gasteiger partial charge in [-0.1, -0.05) is 6.08 Å². The smallest absolute Gasteiger partial charge is 0.0941 e. The molecule has 0 fully saturated rings. The molecule has 1 N–H and O–H groups in total. The van der Waals surface area contributed by atoms with E-state index in [0.717, 1.165) is 3.70 Å². The molecule has 0 amide bonds. The van der Waals surface area contributed by atoms with Gasteiger partial charge in [0.05, 0.1) is 10.2 Å². The van der Waals surface area contributed by atoms with Gasteiger partial charge in [-0.2, -0.15) is 5.10 Å². The predicted octanol–water partition coefficient (Wildman–Crippen LogP) is 1.48. The van der Waals surface area contributed by atoms with E-state index in [1.165, 1.54) is 0 Å². The molecule has 1 heterocycles. The van der Waals surface area contributed by atoms with Crippen LogP contribution in [-0.4, -0.2) is 19.0 Å². The van der Waals surface area contributed by atoms with Crippen molar-refractivity contribution in [2.45, 2.75) is 0 Å². The van der Waals surface area contributed by atoms with E-state index in [4.69, 9.17) is 0 Å². The number of hydrazone groups is 1. The minimum Gasteiger partial charge on any atom is -0.287 e. The van der Waals surface area contributed by atoms with Crippen molar-refractivity contribution in [1.82, 2.24) is 5.43 Å². The molecule has 0 saturated heterocycles. The molecule has 0 aliphatic carbocycles. The number of aliphatic imine (C=N–C) groups is 1. The first-order valence-electron chi connectivity index (χ1n) is 3.19. The topological polar surface area (TPSA) is 36.8 Å². The van der Waals surface area contributed by atoms with Crippen LogP contribution < -0.4 is 5.43 Å². The fraction of sp³-hybridized carbons (Fsp3) is 0.143. The maximum atomic E-state index is 4.02. The Balaban J connectivity index is 2.64. The van der Waals surface area contributed by atoms with Crippen molar-refractivity contribution in [1.29, 1.82) is 0 Å². The van der Waals surface area contributed by atoms with E-state index in [-0.39, 0.29) is 0 Å². The Bertz CT molecular complexity index is 228. The monoisotopic (exact) mass is 261 g/mol. The first-order chi connectivity index (χ1) is 5.39. The Labute approximate surface area is 79.1 Å². The van der Waals surface area contributed by atoms with E-state index < -0.39 is 0 Å². The molecule has 0 aromatic rings. The van der Waals surface area contributed by atoms with Gasteiger partial charge in [-0.25, -0.2) is 0 Å². The normalized spacial score (nSPS) is 20.3. The van der Waals surface area contributed by atoms with Crippen LogP contribution in [0.3, 0.4) is 0 Å². The Morgan fingerprint density at radius 3 is 3.27 bits per heavy atom. The van der Waals surface area contributed by atoms with Gasteiger partial charge in [0.1, 0.15) is 0 Å². The van der Waals surface area contributed by atoms with Crippen molar-refractivity contribution in [2.24, 2.45) is 10.1 Å². The Morgan fingerprint density at radius 2 is 2.36 bits per heavy atom. The summed E-state index contributed by atoms with van der Waals surface area (Å²) in [7, 11) is 0. The zero-order valence-corrected chi connectivity index (χ0v) is 8.02. The SMILES string of the molecule is IC1=CC=CC=NC/C=N/N1. The number of nitrogens with zero attached hydrogens (tertiary/aromatic N) is 2. The maximum absolute atomic E-state index is 4.02. The van der Waals surface area contributed by atoms with Crippen molar-refractivity contribution in [3.05, 3.63) is 21.9 Å². The summed E-state index contributed by atoms with van der Waals surface area (Å²) in [6, 6.07) is 0. The quantitative estimate of drug-likeness (QED) is 0.520. The van der Waals surface area contributed by atoms with Crippen LogP contribution in [0.4, 0.5) is 0 Å². The third kappa shape index (κ3) is 3.92. The van der Waals surface area contributed by atoms with E-state index in [2.05, 4.69) is 38.1 Å². The third-order valence-electron chi connectivity index (χ3n) is 0.995. The highest BCUT2D eigenvalue weighted by molar-refractivity contribution is 14.1. The van der Waals surface area contributed by atoms with Gasteiger partial charge in [0.25, 0.3) is 0 Å². The zero-order valence-electron chi connectivity index (χ0n) is 5.87. The van der Waals surface area contributed by atoms with Crippen molar-refractivity contribution < 1.29 is 0 Å². The fourth-order valence-electron chi connectivity index (χ4n) is 0.544. The van der Waals surface area contributed by atoms with Gasteiger partial charge in [-0.05, 0) is 34.7 Å². The molecule has 0 saturated carbocycles. The molecular weight excluding hydrogens is 253 g/mol. The Hall–Kier alpha value is -0.650. The van der Waals surface area contributed by atoms with Gasteiger partial charge < -0.3 is 0 Å². The predicted molar refractivity (Wildman–Crippen MR) is 56.2 cm³/mol. The van der Waals surface area contributed by atoms with Crippen LogP contribution >= 0.6 is 22.6 Å². The van der Waals surface area contributed by atoms with Gasteiger partial charge in [-0.3, -0.25) is 10.4 Å². The third-order valence-corrected chi connectivity index (χ3v) is 1.60. The molecule has 0 aromatic heterocycles. The number of rotatable bonds is 0. The van der Waals surface area contributed by atoms with Crippen molar-refractivity contribution in [2.75, 3.05) is 6.54 Å². The van der Waals surface area contributed by atoms with Crippen LogP contribution in [0.25, 0.3) is 0 Å². The van der Waals surface area contributed by atoms with Crippen molar-refractivity contribution >= 4 is 35.0 Å². The van der Waals surface area contributed by atoms with Crippen LogP contribution in [0.5, 0.6) is 0 Å². The van der Waals surface area contributed by atoms with E-state index in [9.17, 15) is 0 Å². The molecule has 11 heavy (non-hydrogen) atoms. The highest BCUT2D eigenvalue weighted by Crippen LogP contribution is 2.00. The standard InChI is InChI=1S/C7H8IN3/c8-7-3-1-2-4-9-5-6-10-11-7/h1-4,6,11H,5H2/b2-1?,7-3?,9-4?,10-6+. The van der Waals surface area contributed by atoms with Crippen molar-refractivity contribution in [3.8, 4) is 0 Å². The summed E-state index contributed by atoms with van der Waals surface area (Å²) in [6.45, 7) is 0.626. The number of nitrogens with one attached hydrogen (secondary N) is 1. The molecule has 0 aromatic carbocycles. The molecule has 0 radical (unpaired) electrons. The lowest BCUT2D eigenvalue weighted by Crippen LogP contribution is -2.00. The van der Waals surface area contributed by atoms with E-state index in [1.54, 1.807) is 12.4 Å². The lowest BCUT2D eigenvalue weighted by molar-refractivity contribution is 0.961. The molecule has 3 nitrogen and oxygen atoms in total. The Kier molecular flexibility index (Phi) is 3.89. The second kappa shape index (κ2) is 5.06. The highest BCUT2D eigenvalue weighted by Gasteiger charge is 1.83. The van der Waals surface area contributed by atoms with Gasteiger partial charge in [0, 0.05) is 12.4 Å². The number of hydrogen-bond acceptors (Lipinski definition) is 3. The van der Waals surface area contributed by atoms with Gasteiger partial charge in [-0.15, -0.1) is 0 Å². The summed E-state index contributed by atoms with van der Waals surface area (Å²) in [4.78, 5) is 4.02. The molecule has 0 unspecified atom stereocenters. The molecular formula is C7H8IN3. The first kappa shape index (κ1) is 8.45. The van der Waals surface area contributed by atoms with Crippen LogP contribution in [-0.2, 0) is 0 Å². The number of halogens is 1. The summed E-state index contributed by atoms with van der Waals surface area (Å²) in [5.41, 5.74) is 2.84. The second-order valence-electron chi connectivity index (χ2n) is 1.84. The number of allylic oxidation sites excluding steroid dienone is 3. The molecule has 0 atom stereocenters. The fourth-order valence-corrected chi connectivity index (χ4v) is 0.891. The summed E-state index contributed by atoms with van der Waals surface area (Å²) in [5, 5.41) is 3.92. The summed E-state index contributed by atoms with van der Waals surface area (Å²) in [6.07, 6.45) is 9.22. The van der Waals surface area contributed by atoms with Crippen LogP contribution in [0.15, 0.2) is 32.0 Å². The molecule has 1 aliphatic rings. The van der Waals surface area contributed by atoms with E-state index in [1.807, 2.05) is 18.2 Å². The van der Waals surface area contributed by atoms with Gasteiger partial charge >= 0.3 is 0 Å². The lowest BCUT2D eigenvalue weighted by atomic mass is 10.5. The molecule has 0 bridgehead atoms. The molecule has 1 rings (SSSR count). The maximum Gasteiger partial charge on any atom is 0.0941 e. The minimum absolute atomic E-state index is 0.626. The van der Waals surface area contributed by atoms with Gasteiger partial charge in [0.2, 0.25) is 0 Å². The average Bonchev–Trinajstić information content (AvgIpc) is 2.03. The van der Waals surface area contributed by atoms with Crippen LogP contribution in [0.2, 0.25) is 0 Å². The van der Waals surface area contributed by atoms with Crippen LogP contribution in [0.1, 0.15) is 0 Å². The zero-order chi connectivity index (χ0) is 7.94.